The zero-order valence-electron chi connectivity index (χ0n) is 12.6. The summed E-state index contributed by atoms with van der Waals surface area (Å²) in [6.45, 7) is 4.05. The van der Waals surface area contributed by atoms with E-state index in [-0.39, 0.29) is 0 Å². The first kappa shape index (κ1) is 15.4. The van der Waals surface area contributed by atoms with E-state index in [2.05, 4.69) is 33.8 Å². The van der Waals surface area contributed by atoms with Crippen molar-refractivity contribution < 1.29 is 0 Å². The molecule has 1 fully saturated rings. The third kappa shape index (κ3) is 4.27. The van der Waals surface area contributed by atoms with E-state index in [4.69, 9.17) is 0 Å². The second-order valence-corrected chi connectivity index (χ2v) is 6.77. The van der Waals surface area contributed by atoms with Gasteiger partial charge in [0.15, 0.2) is 0 Å². The highest BCUT2D eigenvalue weighted by Crippen LogP contribution is 2.38. The zero-order valence-corrected chi connectivity index (χ0v) is 13.4. The first-order chi connectivity index (χ1) is 9.78. The topological polar surface area (TPSA) is 49.8 Å². The molecule has 1 aliphatic carbocycles. The molecule has 1 aromatic rings. The molecule has 0 saturated heterocycles. The Morgan fingerprint density at radius 1 is 1.25 bits per heavy atom. The molecule has 0 spiro atoms. The molecule has 0 aliphatic heterocycles. The van der Waals surface area contributed by atoms with Crippen molar-refractivity contribution in [3.05, 3.63) is 12.3 Å². The van der Waals surface area contributed by atoms with Crippen LogP contribution in [-0.4, -0.2) is 34.1 Å². The monoisotopic (exact) mass is 294 g/mol. The Hall–Kier alpha value is -0.970. The normalized spacial score (nSPS) is 17.7. The molecule has 1 aromatic heterocycles. The Bertz CT molecular complexity index is 405. The molecule has 4 nitrogen and oxygen atoms in total. The van der Waals surface area contributed by atoms with Gasteiger partial charge in [0.25, 0.3) is 0 Å². The SMILES string of the molecule is CCCNc1nccc(NCC2(SC)CCCCC2)n1. The Balaban J connectivity index is 1.92. The average Bonchev–Trinajstić information content (AvgIpc) is 2.52. The molecule has 2 N–H and O–H groups in total. The van der Waals surface area contributed by atoms with Crippen LogP contribution in [0.4, 0.5) is 11.8 Å². The lowest BCUT2D eigenvalue weighted by molar-refractivity contribution is 0.411. The van der Waals surface area contributed by atoms with Crippen molar-refractivity contribution >= 4 is 23.5 Å². The summed E-state index contributed by atoms with van der Waals surface area (Å²) in [5.41, 5.74) is 0. The molecular formula is C15H26N4S. The smallest absolute Gasteiger partial charge is 0.224 e. The second kappa shape index (κ2) is 7.72. The molecule has 1 aliphatic rings. The van der Waals surface area contributed by atoms with Crippen LogP contribution in [0.5, 0.6) is 0 Å². The van der Waals surface area contributed by atoms with Gasteiger partial charge in [0, 0.05) is 24.0 Å². The number of nitrogens with one attached hydrogen (secondary N) is 2. The zero-order chi connectivity index (χ0) is 14.3. The fourth-order valence-corrected chi connectivity index (χ4v) is 3.59. The quantitative estimate of drug-likeness (QED) is 0.801. The van der Waals surface area contributed by atoms with Crippen molar-refractivity contribution in [2.45, 2.75) is 50.2 Å². The van der Waals surface area contributed by atoms with Gasteiger partial charge in [0.1, 0.15) is 5.82 Å². The fraction of sp³-hybridized carbons (Fsp3) is 0.733. The van der Waals surface area contributed by atoms with E-state index in [1.807, 2.05) is 24.0 Å². The summed E-state index contributed by atoms with van der Waals surface area (Å²) in [7, 11) is 0. The van der Waals surface area contributed by atoms with Gasteiger partial charge in [-0.15, -0.1) is 0 Å². The van der Waals surface area contributed by atoms with Crippen molar-refractivity contribution in [1.82, 2.24) is 9.97 Å². The van der Waals surface area contributed by atoms with Gasteiger partial charge in [-0.05, 0) is 31.6 Å². The summed E-state index contributed by atoms with van der Waals surface area (Å²) < 4.78 is 0.389. The van der Waals surface area contributed by atoms with Crippen LogP contribution in [0.15, 0.2) is 12.3 Å². The van der Waals surface area contributed by atoms with Gasteiger partial charge in [-0.25, -0.2) is 4.98 Å². The lowest BCUT2D eigenvalue weighted by Crippen LogP contribution is -2.35. The molecule has 5 heteroatoms. The minimum Gasteiger partial charge on any atom is -0.369 e. The van der Waals surface area contributed by atoms with Crippen molar-refractivity contribution in [1.29, 1.82) is 0 Å². The van der Waals surface area contributed by atoms with Crippen LogP contribution in [0, 0.1) is 0 Å². The molecule has 2 rings (SSSR count). The third-order valence-corrected chi connectivity index (χ3v) is 5.40. The predicted octanol–water partition coefficient (Wildman–Crippen LogP) is 3.78. The lowest BCUT2D eigenvalue weighted by atomic mass is 9.88. The summed E-state index contributed by atoms with van der Waals surface area (Å²) in [5.74, 6) is 1.65. The second-order valence-electron chi connectivity index (χ2n) is 5.49. The van der Waals surface area contributed by atoms with Gasteiger partial charge in [-0.1, -0.05) is 26.2 Å². The molecule has 1 saturated carbocycles. The van der Waals surface area contributed by atoms with E-state index in [1.54, 1.807) is 0 Å². The van der Waals surface area contributed by atoms with Crippen LogP contribution in [0.3, 0.4) is 0 Å². The molecule has 0 unspecified atom stereocenters. The highest BCUT2D eigenvalue weighted by atomic mass is 32.2. The third-order valence-electron chi connectivity index (χ3n) is 3.98. The minimum atomic E-state index is 0.389. The first-order valence-corrected chi connectivity index (χ1v) is 8.86. The predicted molar refractivity (Wildman–Crippen MR) is 88.6 cm³/mol. The van der Waals surface area contributed by atoms with E-state index in [0.717, 1.165) is 31.3 Å². The molecule has 0 radical (unpaired) electrons. The van der Waals surface area contributed by atoms with E-state index in [1.165, 1.54) is 32.1 Å². The Labute approximate surface area is 126 Å². The minimum absolute atomic E-state index is 0.389. The van der Waals surface area contributed by atoms with E-state index in [0.29, 0.717) is 4.75 Å². The molecular weight excluding hydrogens is 268 g/mol. The molecule has 0 amide bonds. The van der Waals surface area contributed by atoms with Gasteiger partial charge in [0.05, 0.1) is 0 Å². The molecule has 1 heterocycles. The number of thioether (sulfide) groups is 1. The highest BCUT2D eigenvalue weighted by Gasteiger charge is 2.30. The van der Waals surface area contributed by atoms with Gasteiger partial charge in [-0.2, -0.15) is 16.7 Å². The number of rotatable bonds is 7. The standard InChI is InChI=1S/C15H26N4S/c1-3-10-16-14-17-11-7-13(19-14)18-12-15(20-2)8-5-4-6-9-15/h7,11H,3-6,8-10,12H2,1-2H3,(H2,16,17,18,19). The number of hydrogen-bond donors (Lipinski definition) is 2. The van der Waals surface area contributed by atoms with E-state index < -0.39 is 0 Å². The number of anilines is 2. The molecule has 112 valence electrons. The van der Waals surface area contributed by atoms with Crippen LogP contribution >= 0.6 is 11.8 Å². The van der Waals surface area contributed by atoms with Gasteiger partial charge < -0.3 is 10.6 Å². The fourth-order valence-electron chi connectivity index (χ4n) is 2.68. The maximum absolute atomic E-state index is 4.52. The lowest BCUT2D eigenvalue weighted by Gasteiger charge is -2.36. The maximum atomic E-state index is 4.52. The van der Waals surface area contributed by atoms with E-state index >= 15 is 0 Å². The molecule has 0 aromatic carbocycles. The van der Waals surface area contributed by atoms with Crippen LogP contribution in [-0.2, 0) is 0 Å². The maximum Gasteiger partial charge on any atom is 0.224 e. The Kier molecular flexibility index (Phi) is 5.95. The van der Waals surface area contributed by atoms with Crippen molar-refractivity contribution in [2.75, 3.05) is 30.0 Å². The van der Waals surface area contributed by atoms with Crippen LogP contribution < -0.4 is 10.6 Å². The van der Waals surface area contributed by atoms with Crippen LogP contribution in [0.1, 0.15) is 45.4 Å². The first-order valence-electron chi connectivity index (χ1n) is 7.64. The largest absolute Gasteiger partial charge is 0.369 e. The number of nitrogens with zero attached hydrogens (tertiary/aromatic N) is 2. The van der Waals surface area contributed by atoms with Gasteiger partial charge in [0.2, 0.25) is 5.95 Å². The van der Waals surface area contributed by atoms with Gasteiger partial charge in [-0.3, -0.25) is 0 Å². The molecule has 20 heavy (non-hydrogen) atoms. The highest BCUT2D eigenvalue weighted by molar-refractivity contribution is 8.00. The van der Waals surface area contributed by atoms with Crippen LogP contribution in [0.25, 0.3) is 0 Å². The number of hydrogen-bond acceptors (Lipinski definition) is 5. The van der Waals surface area contributed by atoms with Crippen molar-refractivity contribution in [3.8, 4) is 0 Å². The van der Waals surface area contributed by atoms with Crippen LogP contribution in [0.2, 0.25) is 0 Å². The Morgan fingerprint density at radius 2 is 2.05 bits per heavy atom. The molecule has 0 bridgehead atoms. The molecule has 0 atom stereocenters. The summed E-state index contributed by atoms with van der Waals surface area (Å²) in [6, 6.07) is 1.95. The summed E-state index contributed by atoms with van der Waals surface area (Å²) in [5, 5.41) is 6.74. The summed E-state index contributed by atoms with van der Waals surface area (Å²) in [4.78, 5) is 8.76. The summed E-state index contributed by atoms with van der Waals surface area (Å²) >= 11 is 2.01. The average molecular weight is 294 g/mol. The van der Waals surface area contributed by atoms with Crippen molar-refractivity contribution in [2.24, 2.45) is 0 Å². The van der Waals surface area contributed by atoms with Crippen molar-refractivity contribution in [3.63, 3.8) is 0 Å². The van der Waals surface area contributed by atoms with Gasteiger partial charge >= 0.3 is 0 Å². The summed E-state index contributed by atoms with van der Waals surface area (Å²) in [6.07, 6.45) is 11.9. The number of aromatic nitrogens is 2. The Morgan fingerprint density at radius 3 is 2.75 bits per heavy atom. The van der Waals surface area contributed by atoms with E-state index in [9.17, 15) is 0 Å².